The van der Waals surface area contributed by atoms with E-state index < -0.39 is 77.8 Å². The number of hydrogen-bond donors (Lipinski definition) is 2. The minimum Gasteiger partial charge on any atom is -0.460 e. The fourth-order valence-electron chi connectivity index (χ4n) is 11.2. The maximum Gasteiger partial charge on any atom is 0.329 e. The number of carbonyl (C=O) groups excluding carboxylic acids is 5. The Bertz CT molecular complexity index is 2270. The third-order valence-corrected chi connectivity index (χ3v) is 16.0. The molecule has 5 rings (SSSR count). The summed E-state index contributed by atoms with van der Waals surface area (Å²) in [5, 5.41) is 27.2. The monoisotopic (exact) mass is 1040 g/mol. The average molecular weight is 1050 g/mol. The van der Waals surface area contributed by atoms with E-state index in [0.29, 0.717) is 75.7 Å². The minimum absolute atomic E-state index is 0.00768. The van der Waals surface area contributed by atoms with Gasteiger partial charge in [0.05, 0.1) is 31.0 Å². The van der Waals surface area contributed by atoms with E-state index >= 15 is 0 Å². The molecule has 414 valence electrons. The van der Waals surface area contributed by atoms with Crippen molar-refractivity contribution >= 4 is 34.9 Å². The molecule has 1 aromatic rings. The zero-order valence-electron chi connectivity index (χ0n) is 45.9. The van der Waals surface area contributed by atoms with Gasteiger partial charge in [-0.1, -0.05) is 100 Å². The van der Waals surface area contributed by atoms with E-state index in [1.54, 1.807) is 53.2 Å². The lowest BCUT2D eigenvalue weighted by Crippen LogP contribution is -2.61. The van der Waals surface area contributed by atoms with Crippen LogP contribution in [0.1, 0.15) is 131 Å². The zero-order valence-corrected chi connectivity index (χ0v) is 45.9. The number of aliphatic hydroxyl groups is 2. The maximum atomic E-state index is 14.6. The molecule has 0 spiro atoms. The summed E-state index contributed by atoms with van der Waals surface area (Å²) in [6.07, 6.45) is 11.8. The van der Waals surface area contributed by atoms with Crippen molar-refractivity contribution < 1.29 is 62.6 Å². The van der Waals surface area contributed by atoms with Crippen molar-refractivity contribution in [2.45, 2.75) is 187 Å². The molecule has 3 fully saturated rings. The molecule has 3 heterocycles. The number of esters is 1. The Kier molecular flexibility index (Phi) is 23.6. The van der Waals surface area contributed by atoms with Crippen LogP contribution >= 0.6 is 0 Å². The number of benzene rings is 1. The number of fused-ring (bicyclic) bond motifs is 3. The second-order valence-corrected chi connectivity index (χ2v) is 21.7. The fraction of sp³-hybridized carbons (Fsp3) is 0.672. The zero-order chi connectivity index (χ0) is 55.0. The molecule has 0 aromatic heterocycles. The number of aliphatic hydroxyl groups excluding tert-OH is 1. The van der Waals surface area contributed by atoms with Crippen LogP contribution in [-0.4, -0.2) is 127 Å². The van der Waals surface area contributed by atoms with Crippen LogP contribution in [0.3, 0.4) is 0 Å². The normalized spacial score (nSPS) is 36.4. The molecule has 1 aliphatic carbocycles. The van der Waals surface area contributed by atoms with Gasteiger partial charge < -0.3 is 43.5 Å². The van der Waals surface area contributed by atoms with Crippen molar-refractivity contribution in [3.8, 4) is 0 Å². The van der Waals surface area contributed by atoms with Crippen LogP contribution in [0.4, 0.5) is 5.69 Å². The SMILES string of the molecule is CO[C@H]1C[C@@H]2CC[C@@H](C)[C@@](O)(O2)C(=O)C(=O)N2CCCC[C@H]2C(=O)O[C@H]([C@H](C)C[C@@H]2CC[C@@H](OCc3ccc(N=[N+]=[N-])cc3)[C@H](OC)C2)CC(=O)[C@H](C)/C=C(\C)[C@@H](O)[C@@H](OC)C(=O)[C@H](C)C[C@H](C)/C=C/C=C/C=C/1C. The highest BCUT2D eigenvalue weighted by Gasteiger charge is 2.53. The van der Waals surface area contributed by atoms with Gasteiger partial charge in [0.2, 0.25) is 5.79 Å². The molecular formula is C58H84N4O13. The summed E-state index contributed by atoms with van der Waals surface area (Å²) < 4.78 is 36.3. The Morgan fingerprint density at radius 2 is 1.60 bits per heavy atom. The lowest BCUT2D eigenvalue weighted by molar-refractivity contribution is -0.265. The van der Waals surface area contributed by atoms with Crippen LogP contribution in [0.5, 0.6) is 0 Å². The van der Waals surface area contributed by atoms with Gasteiger partial charge in [0.25, 0.3) is 11.7 Å². The van der Waals surface area contributed by atoms with Gasteiger partial charge in [-0.05, 0) is 118 Å². The van der Waals surface area contributed by atoms with Crippen LogP contribution in [-0.2, 0) is 59.0 Å². The summed E-state index contributed by atoms with van der Waals surface area (Å²) in [4.78, 5) is 75.5. The molecule has 2 bridgehead atoms. The molecule has 4 aliphatic rings. The van der Waals surface area contributed by atoms with Crippen molar-refractivity contribution in [3.05, 3.63) is 87.9 Å². The highest BCUT2D eigenvalue weighted by atomic mass is 16.6. The molecule has 3 aliphatic heterocycles. The second kappa shape index (κ2) is 29.1. The highest BCUT2D eigenvalue weighted by molar-refractivity contribution is 6.39. The Balaban J connectivity index is 1.43. The number of amides is 1. The summed E-state index contributed by atoms with van der Waals surface area (Å²) in [5.74, 6) is -8.09. The van der Waals surface area contributed by atoms with Gasteiger partial charge >= 0.3 is 5.97 Å². The number of azide groups is 1. The number of piperidine rings is 1. The lowest BCUT2D eigenvalue weighted by atomic mass is 9.78. The number of rotatable bonds is 10. The van der Waals surface area contributed by atoms with E-state index in [4.69, 9.17) is 34.0 Å². The first-order valence-corrected chi connectivity index (χ1v) is 27.0. The van der Waals surface area contributed by atoms with Gasteiger partial charge in [-0.15, -0.1) is 0 Å². The molecule has 1 aromatic carbocycles. The van der Waals surface area contributed by atoms with E-state index in [1.807, 2.05) is 70.2 Å². The minimum atomic E-state index is -2.45. The summed E-state index contributed by atoms with van der Waals surface area (Å²) in [6.45, 7) is 13.1. The molecule has 17 nitrogen and oxygen atoms in total. The lowest BCUT2D eigenvalue weighted by Gasteiger charge is -2.42. The van der Waals surface area contributed by atoms with Crippen LogP contribution in [0, 0.1) is 35.5 Å². The van der Waals surface area contributed by atoms with Gasteiger partial charge in [-0.3, -0.25) is 19.2 Å². The van der Waals surface area contributed by atoms with Crippen LogP contribution in [0.25, 0.3) is 10.4 Å². The van der Waals surface area contributed by atoms with Gasteiger partial charge in [0.15, 0.2) is 5.78 Å². The molecule has 15 atom stereocenters. The highest BCUT2D eigenvalue weighted by Crippen LogP contribution is 2.38. The quantitative estimate of drug-likeness (QED) is 0.0556. The van der Waals surface area contributed by atoms with E-state index in [1.165, 1.54) is 12.0 Å². The molecular weight excluding hydrogens is 961 g/mol. The number of carbonyl (C=O) groups is 5. The van der Waals surface area contributed by atoms with Crippen LogP contribution in [0.2, 0.25) is 0 Å². The van der Waals surface area contributed by atoms with Crippen molar-refractivity contribution in [3.63, 3.8) is 0 Å². The van der Waals surface area contributed by atoms with Crippen molar-refractivity contribution in [2.24, 2.45) is 40.6 Å². The molecule has 2 saturated heterocycles. The Labute approximate surface area is 444 Å². The number of hydrogen-bond acceptors (Lipinski definition) is 14. The van der Waals surface area contributed by atoms with Gasteiger partial charge in [0.1, 0.15) is 30.1 Å². The summed E-state index contributed by atoms with van der Waals surface area (Å²) in [7, 11) is 4.61. The van der Waals surface area contributed by atoms with Gasteiger partial charge in [-0.25, -0.2) is 4.79 Å². The van der Waals surface area contributed by atoms with E-state index in [9.17, 15) is 34.2 Å². The van der Waals surface area contributed by atoms with E-state index in [0.717, 1.165) is 17.6 Å². The van der Waals surface area contributed by atoms with Crippen molar-refractivity contribution in [1.82, 2.24) is 4.90 Å². The number of allylic oxidation sites excluding steroid dienone is 6. The van der Waals surface area contributed by atoms with Gasteiger partial charge in [0, 0.05) is 69.1 Å². The third kappa shape index (κ3) is 16.6. The molecule has 1 amide bonds. The van der Waals surface area contributed by atoms with E-state index in [2.05, 4.69) is 10.0 Å². The summed E-state index contributed by atoms with van der Waals surface area (Å²) >= 11 is 0. The van der Waals surface area contributed by atoms with Crippen molar-refractivity contribution in [1.29, 1.82) is 0 Å². The van der Waals surface area contributed by atoms with E-state index in [-0.39, 0.29) is 60.9 Å². The first kappa shape index (κ1) is 61.0. The Hall–Kier alpha value is -4.84. The topological polar surface area (TPSA) is 233 Å². The number of nitrogens with zero attached hydrogens (tertiary/aromatic N) is 4. The Morgan fingerprint density at radius 3 is 2.28 bits per heavy atom. The molecule has 1 saturated carbocycles. The number of Topliss-reactive ketones (excluding diaryl/α,β-unsaturated/α-hetero) is 3. The van der Waals surface area contributed by atoms with Gasteiger partial charge in [-0.2, -0.15) is 0 Å². The first-order valence-electron chi connectivity index (χ1n) is 27.0. The predicted molar refractivity (Wildman–Crippen MR) is 283 cm³/mol. The second-order valence-electron chi connectivity index (χ2n) is 21.7. The largest absolute Gasteiger partial charge is 0.460 e. The predicted octanol–water partition coefficient (Wildman–Crippen LogP) is 9.35. The fourth-order valence-corrected chi connectivity index (χ4v) is 11.2. The summed E-state index contributed by atoms with van der Waals surface area (Å²) in [5.41, 5.74) is 11.4. The molecule has 0 radical (unpaired) electrons. The smallest absolute Gasteiger partial charge is 0.329 e. The number of cyclic esters (lactones) is 1. The Morgan fingerprint density at radius 1 is 0.867 bits per heavy atom. The maximum absolute atomic E-state index is 14.6. The standard InChI is InChI=1S/C58H84N4O13/c1-35-16-12-11-13-17-36(2)49(70-8)32-45-25-19-41(7)58(69,75-45)55(66)56(67)62-27-15-14-18-46(62)57(68)74-50(33-47(63)37(3)29-40(6)53(65)54(72-10)52(64)39(5)28-35)38(4)30-43-22-26-48(51(31-43)71-9)73-34-42-20-23-44(24-21-42)60-61-59/h11-13,16-17,20-21,23-24,29,35,37-39,41,43,45-46,48-51,53-54,65,69H,14-15,18-19,22,25-28,30-34H2,1-10H3/b13-11+,16-12+,36-17+,40-29+/t35-,37-,38-,39-,41-,43+,45+,46+,48-,49+,50+,51-,53-,54+,58-/m1/s1. The number of methoxy groups -OCH3 is 3. The third-order valence-electron chi connectivity index (χ3n) is 16.0. The number of ether oxygens (including phenoxy) is 6. The molecule has 2 N–H and O–H groups in total. The van der Waals surface area contributed by atoms with Crippen LogP contribution < -0.4 is 0 Å². The average Bonchev–Trinajstić information content (AvgIpc) is 3.39. The van der Waals surface area contributed by atoms with Crippen molar-refractivity contribution in [2.75, 3.05) is 27.9 Å². The van der Waals surface area contributed by atoms with Crippen LogP contribution in [0.15, 0.2) is 77.0 Å². The molecule has 75 heavy (non-hydrogen) atoms. The molecule has 0 unspecified atom stereocenters. The number of ketones is 3. The summed E-state index contributed by atoms with van der Waals surface area (Å²) in [6, 6.07) is 6.01. The first-order chi connectivity index (χ1) is 35.7. The molecule has 17 heteroatoms.